The van der Waals surface area contributed by atoms with Gasteiger partial charge in [0.05, 0.1) is 52.0 Å². The first kappa shape index (κ1) is 32.1. The molecule has 12 heteroatoms. The number of morpholine rings is 1. The lowest BCUT2D eigenvalue weighted by Crippen LogP contribution is -2.57. The SMILES string of the molecule is COc1ccc(CC(NC(=O)C(CC#N)NC(=O)CN2CCOCC2)C(=O)NC(CC2=CCCC2)C(=O)C2(C)CO2)cc1. The second-order valence-electron chi connectivity index (χ2n) is 11.4. The Morgan fingerprint density at radius 1 is 1.02 bits per heavy atom. The molecule has 4 atom stereocenters. The molecular weight excluding hydrogens is 554 g/mol. The maximum atomic E-state index is 13.8. The van der Waals surface area contributed by atoms with Crippen molar-refractivity contribution in [2.45, 2.75) is 69.2 Å². The Morgan fingerprint density at radius 3 is 2.30 bits per heavy atom. The molecule has 2 saturated heterocycles. The summed E-state index contributed by atoms with van der Waals surface area (Å²) in [7, 11) is 1.55. The lowest BCUT2D eigenvalue weighted by Gasteiger charge is -2.27. The molecule has 0 aromatic heterocycles. The van der Waals surface area contributed by atoms with Gasteiger partial charge in [0.1, 0.15) is 23.4 Å². The van der Waals surface area contributed by atoms with E-state index in [4.69, 9.17) is 14.2 Å². The first-order valence-corrected chi connectivity index (χ1v) is 14.8. The molecule has 232 valence electrons. The van der Waals surface area contributed by atoms with Crippen molar-refractivity contribution in [2.24, 2.45) is 0 Å². The Labute approximate surface area is 252 Å². The number of carbonyl (C=O) groups excluding carboxylic acids is 4. The molecule has 4 rings (SSSR count). The highest BCUT2D eigenvalue weighted by Crippen LogP contribution is 2.31. The van der Waals surface area contributed by atoms with Crippen molar-refractivity contribution in [3.8, 4) is 11.8 Å². The van der Waals surface area contributed by atoms with Crippen molar-refractivity contribution >= 4 is 23.5 Å². The fourth-order valence-electron chi connectivity index (χ4n) is 5.27. The van der Waals surface area contributed by atoms with Crippen LogP contribution in [0, 0.1) is 11.3 Å². The van der Waals surface area contributed by atoms with E-state index in [9.17, 15) is 24.4 Å². The molecular formula is C31H41N5O7. The van der Waals surface area contributed by atoms with Crippen molar-refractivity contribution in [2.75, 3.05) is 46.6 Å². The van der Waals surface area contributed by atoms with Crippen LogP contribution < -0.4 is 20.7 Å². The Bertz CT molecular complexity index is 1230. The van der Waals surface area contributed by atoms with Gasteiger partial charge in [0.15, 0.2) is 5.78 Å². The first-order chi connectivity index (χ1) is 20.7. The van der Waals surface area contributed by atoms with Crippen LogP contribution in [0.1, 0.15) is 44.6 Å². The summed E-state index contributed by atoms with van der Waals surface area (Å²) in [4.78, 5) is 55.2. The van der Waals surface area contributed by atoms with E-state index in [1.807, 2.05) is 11.0 Å². The van der Waals surface area contributed by atoms with Gasteiger partial charge in [-0.05, 0) is 50.3 Å². The fraction of sp³-hybridized carbons (Fsp3) is 0.581. The maximum Gasteiger partial charge on any atom is 0.244 e. The van der Waals surface area contributed by atoms with E-state index in [-0.39, 0.29) is 25.2 Å². The van der Waals surface area contributed by atoms with Gasteiger partial charge in [0, 0.05) is 19.5 Å². The van der Waals surface area contributed by atoms with Crippen molar-refractivity contribution in [3.63, 3.8) is 0 Å². The number of allylic oxidation sites excluding steroid dienone is 1. The summed E-state index contributed by atoms with van der Waals surface area (Å²) in [5, 5.41) is 17.7. The van der Waals surface area contributed by atoms with E-state index >= 15 is 0 Å². The van der Waals surface area contributed by atoms with Crippen LogP contribution >= 0.6 is 0 Å². The number of nitrogens with one attached hydrogen (secondary N) is 3. The van der Waals surface area contributed by atoms with E-state index < -0.39 is 41.4 Å². The molecule has 1 aliphatic carbocycles. The molecule has 0 bridgehead atoms. The third-order valence-electron chi connectivity index (χ3n) is 7.98. The normalized spacial score (nSPS) is 21.8. The van der Waals surface area contributed by atoms with Gasteiger partial charge in [-0.15, -0.1) is 0 Å². The van der Waals surface area contributed by atoms with E-state index in [1.165, 1.54) is 0 Å². The highest BCUT2D eigenvalue weighted by Gasteiger charge is 2.50. The van der Waals surface area contributed by atoms with Crippen molar-refractivity contribution < 1.29 is 33.4 Å². The van der Waals surface area contributed by atoms with Gasteiger partial charge in [-0.3, -0.25) is 24.1 Å². The van der Waals surface area contributed by atoms with Gasteiger partial charge in [-0.25, -0.2) is 0 Å². The van der Waals surface area contributed by atoms with Gasteiger partial charge < -0.3 is 30.2 Å². The number of hydrogen-bond donors (Lipinski definition) is 3. The topological polar surface area (TPSA) is 162 Å². The minimum absolute atomic E-state index is 0.0643. The highest BCUT2D eigenvalue weighted by molar-refractivity contribution is 5.98. The van der Waals surface area contributed by atoms with E-state index in [0.29, 0.717) is 45.1 Å². The van der Waals surface area contributed by atoms with Crippen LogP contribution in [-0.4, -0.2) is 98.7 Å². The maximum absolute atomic E-state index is 13.8. The molecule has 3 aliphatic rings. The van der Waals surface area contributed by atoms with Crippen LogP contribution in [0.4, 0.5) is 0 Å². The molecule has 3 amide bonds. The molecule has 0 spiro atoms. The molecule has 4 unspecified atom stereocenters. The summed E-state index contributed by atoms with van der Waals surface area (Å²) in [6.45, 7) is 4.28. The van der Waals surface area contributed by atoms with Gasteiger partial charge in [0.2, 0.25) is 17.7 Å². The second-order valence-corrected chi connectivity index (χ2v) is 11.4. The van der Waals surface area contributed by atoms with E-state index in [2.05, 4.69) is 22.0 Å². The summed E-state index contributed by atoms with van der Waals surface area (Å²) in [5.41, 5.74) is 0.915. The quantitative estimate of drug-likeness (QED) is 0.197. The zero-order valence-corrected chi connectivity index (χ0v) is 24.9. The molecule has 2 aliphatic heterocycles. The number of benzene rings is 1. The van der Waals surface area contributed by atoms with Crippen molar-refractivity contribution in [1.29, 1.82) is 5.26 Å². The van der Waals surface area contributed by atoms with Crippen LogP contribution in [0.3, 0.4) is 0 Å². The van der Waals surface area contributed by atoms with E-state index in [1.54, 1.807) is 38.3 Å². The largest absolute Gasteiger partial charge is 0.497 e. The standard InChI is InChI=1S/C31H41N5O7/c1-31(20-43-31)28(38)25(17-21-5-3-4-6-21)34-30(40)26(18-22-7-9-23(41-2)10-8-22)35-29(39)24(11-12-32)33-27(37)19-36-13-15-42-16-14-36/h5,7-10,24-26H,3-4,6,11,13-20H2,1-2H3,(H,33,37)(H,34,40)(H,35,39). The summed E-state index contributed by atoms with van der Waals surface area (Å²) in [6.07, 6.45) is 5.12. The Hall–Kier alpha value is -3.79. The average Bonchev–Trinajstić information content (AvgIpc) is 3.54. The molecule has 43 heavy (non-hydrogen) atoms. The van der Waals surface area contributed by atoms with Gasteiger partial charge in [0.25, 0.3) is 0 Å². The fourth-order valence-corrected chi connectivity index (χ4v) is 5.27. The smallest absolute Gasteiger partial charge is 0.244 e. The van der Waals surface area contributed by atoms with Crippen molar-refractivity contribution in [3.05, 3.63) is 41.5 Å². The predicted molar refractivity (Wildman–Crippen MR) is 156 cm³/mol. The molecule has 1 aromatic carbocycles. The lowest BCUT2D eigenvalue weighted by molar-refractivity contribution is -0.134. The number of methoxy groups -OCH3 is 1. The Balaban J connectivity index is 1.49. The number of hydrogen-bond acceptors (Lipinski definition) is 9. The van der Waals surface area contributed by atoms with Crippen LogP contribution in [-0.2, 0) is 35.1 Å². The highest BCUT2D eigenvalue weighted by atomic mass is 16.6. The minimum atomic E-state index is -1.16. The molecule has 12 nitrogen and oxygen atoms in total. The minimum Gasteiger partial charge on any atom is -0.497 e. The molecule has 1 aromatic rings. The third-order valence-corrected chi connectivity index (χ3v) is 7.98. The van der Waals surface area contributed by atoms with Gasteiger partial charge in [-0.1, -0.05) is 23.8 Å². The number of amides is 3. The number of ketones is 1. The summed E-state index contributed by atoms with van der Waals surface area (Å²) < 4.78 is 15.9. The summed E-state index contributed by atoms with van der Waals surface area (Å²) in [6, 6.07) is 5.95. The van der Waals surface area contributed by atoms with Gasteiger partial charge in [-0.2, -0.15) is 5.26 Å². The van der Waals surface area contributed by atoms with E-state index in [0.717, 1.165) is 30.4 Å². The van der Waals surface area contributed by atoms with Crippen LogP contribution in [0.2, 0.25) is 0 Å². The second kappa shape index (κ2) is 15.1. The summed E-state index contributed by atoms with van der Waals surface area (Å²) >= 11 is 0. The monoisotopic (exact) mass is 595 g/mol. The van der Waals surface area contributed by atoms with Crippen LogP contribution in [0.5, 0.6) is 5.75 Å². The number of ether oxygens (including phenoxy) is 3. The Morgan fingerprint density at radius 2 is 1.70 bits per heavy atom. The number of nitriles is 1. The average molecular weight is 596 g/mol. The molecule has 0 saturated carbocycles. The zero-order valence-electron chi connectivity index (χ0n) is 24.9. The predicted octanol–water partition coefficient (Wildman–Crippen LogP) is 0.796. The molecule has 3 N–H and O–H groups in total. The zero-order chi connectivity index (χ0) is 30.8. The summed E-state index contributed by atoms with van der Waals surface area (Å²) in [5.74, 6) is -1.17. The first-order valence-electron chi connectivity index (χ1n) is 14.8. The van der Waals surface area contributed by atoms with Gasteiger partial charge >= 0.3 is 0 Å². The van der Waals surface area contributed by atoms with Crippen LogP contribution in [0.15, 0.2) is 35.9 Å². The third kappa shape index (κ3) is 9.35. The number of nitrogens with zero attached hydrogens (tertiary/aromatic N) is 2. The number of rotatable bonds is 15. The molecule has 2 fully saturated rings. The lowest BCUT2D eigenvalue weighted by atomic mass is 9.94. The Kier molecular flexibility index (Phi) is 11.3. The van der Waals surface area contributed by atoms with Crippen molar-refractivity contribution in [1.82, 2.24) is 20.9 Å². The molecule has 2 heterocycles. The number of carbonyl (C=O) groups is 4. The number of Topliss-reactive ketones (excluding diaryl/α,β-unsaturated/α-hetero) is 1. The van der Waals surface area contributed by atoms with Crippen LogP contribution in [0.25, 0.3) is 0 Å². The molecule has 0 radical (unpaired) electrons. The number of epoxide rings is 1.